The summed E-state index contributed by atoms with van der Waals surface area (Å²) in [7, 11) is 0. The van der Waals surface area contributed by atoms with Crippen molar-refractivity contribution in [2.45, 2.75) is 71.2 Å². The Kier molecular flexibility index (Phi) is 12.3. The number of aliphatic hydroxyl groups excluding tert-OH is 1. The van der Waals surface area contributed by atoms with Gasteiger partial charge in [-0.1, -0.05) is 92.7 Å². The van der Waals surface area contributed by atoms with Crippen LogP contribution in [-0.2, 0) is 22.4 Å². The average Bonchev–Trinajstić information content (AvgIpc) is 3.02. The number of carbonyl (C=O) groups excluding carboxylic acids is 2. The number of hydrogen-bond acceptors (Lipinski definition) is 6. The van der Waals surface area contributed by atoms with Gasteiger partial charge in [0.05, 0.1) is 12.1 Å². The summed E-state index contributed by atoms with van der Waals surface area (Å²) in [6.07, 6.45) is 2.92. The van der Waals surface area contributed by atoms with Crippen molar-refractivity contribution in [1.29, 1.82) is 0 Å². The average molecular weight is 625 g/mol. The monoisotopic (exact) mass is 624 g/mol. The first-order chi connectivity index (χ1) is 22.1. The van der Waals surface area contributed by atoms with Gasteiger partial charge in [0, 0.05) is 18.4 Å². The molecule has 0 saturated heterocycles. The molecule has 0 aliphatic carbocycles. The Morgan fingerprint density at radius 3 is 2.04 bits per heavy atom. The second kappa shape index (κ2) is 16.5. The minimum atomic E-state index is -1.02. The highest BCUT2D eigenvalue weighted by atomic mass is 16.5. The van der Waals surface area contributed by atoms with E-state index >= 15 is 0 Å². The summed E-state index contributed by atoms with van der Waals surface area (Å²) in [5.74, 6) is -0.243. The molecule has 0 unspecified atom stereocenters. The molecule has 0 saturated carbocycles. The smallest absolute Gasteiger partial charge is 0.348 e. The van der Waals surface area contributed by atoms with Crippen LogP contribution >= 0.6 is 0 Å². The molecule has 0 fully saturated rings. The number of rotatable bonds is 15. The molecule has 242 valence electrons. The van der Waals surface area contributed by atoms with Gasteiger partial charge in [0.2, 0.25) is 5.91 Å². The maximum Gasteiger partial charge on any atom is 0.348 e. The van der Waals surface area contributed by atoms with Crippen LogP contribution in [0.2, 0.25) is 0 Å². The van der Waals surface area contributed by atoms with E-state index < -0.39 is 29.9 Å². The second-order valence-corrected chi connectivity index (χ2v) is 12.1. The summed E-state index contributed by atoms with van der Waals surface area (Å²) in [4.78, 5) is 43.3. The maximum absolute atomic E-state index is 13.8. The van der Waals surface area contributed by atoms with E-state index in [1.165, 1.54) is 10.8 Å². The number of amides is 2. The molecule has 4 atom stereocenters. The molecule has 1 heterocycles. The molecule has 2 amide bonds. The van der Waals surface area contributed by atoms with Crippen LogP contribution in [0.3, 0.4) is 0 Å². The largest absolute Gasteiger partial charge is 0.483 e. The third kappa shape index (κ3) is 9.62. The molecule has 0 radical (unpaired) electrons. The summed E-state index contributed by atoms with van der Waals surface area (Å²) in [6.45, 7) is 7.40. The van der Waals surface area contributed by atoms with Crippen molar-refractivity contribution < 1.29 is 19.4 Å². The standard InChI is InChI=1S/C37H44N4O5/c1-25(2)34(41-20-12-19-38-37(41)45)36(44)39-30(21-28-15-7-5-8-16-28)23-32(42)31(22-29-17-9-6-10-18-29)40-33(43)24-46-35-26(3)13-11-14-27(35)4/h5-20,25,30-32,34,42H,21-24H2,1-4H3,(H,39,44)(H,40,43)/t30-,31-,32-,34-/m0/s1. The molecule has 46 heavy (non-hydrogen) atoms. The molecule has 4 aromatic rings. The Morgan fingerprint density at radius 2 is 1.46 bits per heavy atom. The number of nitrogens with one attached hydrogen (secondary N) is 2. The molecule has 1 aromatic heterocycles. The summed E-state index contributed by atoms with van der Waals surface area (Å²) < 4.78 is 7.23. The van der Waals surface area contributed by atoms with Crippen molar-refractivity contribution in [1.82, 2.24) is 20.2 Å². The van der Waals surface area contributed by atoms with Gasteiger partial charge in [-0.3, -0.25) is 14.2 Å². The molecule has 3 N–H and O–H groups in total. The molecular weight excluding hydrogens is 580 g/mol. The summed E-state index contributed by atoms with van der Waals surface area (Å²) in [5, 5.41) is 17.8. The van der Waals surface area contributed by atoms with Crippen LogP contribution in [0.25, 0.3) is 0 Å². The van der Waals surface area contributed by atoms with Crippen LogP contribution in [0.15, 0.2) is 102 Å². The molecule has 9 nitrogen and oxygen atoms in total. The number of carbonyl (C=O) groups is 2. The molecule has 0 aliphatic rings. The lowest BCUT2D eigenvalue weighted by atomic mass is 9.93. The fourth-order valence-corrected chi connectivity index (χ4v) is 5.73. The SMILES string of the molecule is Cc1cccc(C)c1OCC(=O)N[C@@H](Cc1ccccc1)[C@@H](O)C[C@H](Cc1ccccc1)NC(=O)[C@H](C(C)C)n1cccnc1=O. The van der Waals surface area contributed by atoms with Crippen molar-refractivity contribution in [3.05, 3.63) is 130 Å². The summed E-state index contributed by atoms with van der Waals surface area (Å²) in [5.41, 5.74) is 3.28. The van der Waals surface area contributed by atoms with Crippen LogP contribution in [0.1, 0.15) is 48.6 Å². The minimum Gasteiger partial charge on any atom is -0.483 e. The molecule has 4 rings (SSSR count). The van der Waals surface area contributed by atoms with Gasteiger partial charge >= 0.3 is 5.69 Å². The number of para-hydroxylation sites is 1. The van der Waals surface area contributed by atoms with Gasteiger partial charge in [0.25, 0.3) is 5.91 Å². The maximum atomic E-state index is 13.8. The molecule has 0 aliphatic heterocycles. The second-order valence-electron chi connectivity index (χ2n) is 12.1. The zero-order chi connectivity index (χ0) is 33.1. The molecule has 0 spiro atoms. The fourth-order valence-electron chi connectivity index (χ4n) is 5.73. The number of benzene rings is 3. The predicted molar refractivity (Wildman–Crippen MR) is 179 cm³/mol. The number of nitrogens with zero attached hydrogens (tertiary/aromatic N) is 2. The summed E-state index contributed by atoms with van der Waals surface area (Å²) >= 11 is 0. The molecular formula is C37H44N4O5. The van der Waals surface area contributed by atoms with E-state index in [9.17, 15) is 19.5 Å². The van der Waals surface area contributed by atoms with E-state index in [2.05, 4.69) is 15.6 Å². The molecule has 9 heteroatoms. The van der Waals surface area contributed by atoms with Crippen LogP contribution in [-0.4, -0.2) is 51.3 Å². The lowest BCUT2D eigenvalue weighted by Crippen LogP contribution is -2.51. The number of hydrogen-bond donors (Lipinski definition) is 3. The number of aliphatic hydroxyl groups is 1. The van der Waals surface area contributed by atoms with Gasteiger partial charge in [-0.15, -0.1) is 0 Å². The van der Waals surface area contributed by atoms with Crippen LogP contribution in [0.4, 0.5) is 0 Å². The van der Waals surface area contributed by atoms with Gasteiger partial charge in [0.1, 0.15) is 11.8 Å². The number of ether oxygens (including phenoxy) is 1. The van der Waals surface area contributed by atoms with Gasteiger partial charge < -0.3 is 20.5 Å². The van der Waals surface area contributed by atoms with Crippen LogP contribution in [0, 0.1) is 19.8 Å². The lowest BCUT2D eigenvalue weighted by Gasteiger charge is -2.30. The van der Waals surface area contributed by atoms with E-state index in [0.29, 0.717) is 18.6 Å². The number of aryl methyl sites for hydroxylation is 2. The topological polar surface area (TPSA) is 123 Å². The first kappa shape index (κ1) is 34.1. The van der Waals surface area contributed by atoms with Gasteiger partial charge in [-0.25, -0.2) is 9.78 Å². The number of aromatic nitrogens is 2. The van der Waals surface area contributed by atoms with Crippen molar-refractivity contribution in [2.24, 2.45) is 5.92 Å². The Bertz CT molecular complexity index is 1600. The first-order valence-corrected chi connectivity index (χ1v) is 15.7. The van der Waals surface area contributed by atoms with E-state index in [1.54, 1.807) is 12.3 Å². The molecule has 3 aromatic carbocycles. The first-order valence-electron chi connectivity index (χ1n) is 15.7. The Labute approximate surface area is 270 Å². The van der Waals surface area contributed by atoms with Crippen LogP contribution in [0.5, 0.6) is 5.75 Å². The quantitative estimate of drug-likeness (QED) is 0.181. The highest BCUT2D eigenvalue weighted by Crippen LogP contribution is 2.22. The van der Waals surface area contributed by atoms with Gasteiger partial charge in [0.15, 0.2) is 6.61 Å². The van der Waals surface area contributed by atoms with Gasteiger partial charge in [-0.05, 0) is 67.3 Å². The van der Waals surface area contributed by atoms with Crippen molar-refractivity contribution in [3.8, 4) is 5.75 Å². The Hall–Kier alpha value is -4.76. The van der Waals surface area contributed by atoms with E-state index in [-0.39, 0.29) is 30.8 Å². The Balaban J connectivity index is 1.55. The summed E-state index contributed by atoms with van der Waals surface area (Å²) in [6, 6.07) is 24.8. The van der Waals surface area contributed by atoms with E-state index in [4.69, 9.17) is 4.74 Å². The normalized spacial score (nSPS) is 13.8. The van der Waals surface area contributed by atoms with E-state index in [1.807, 2.05) is 107 Å². The van der Waals surface area contributed by atoms with E-state index in [0.717, 1.165) is 22.3 Å². The van der Waals surface area contributed by atoms with Gasteiger partial charge in [-0.2, -0.15) is 0 Å². The lowest BCUT2D eigenvalue weighted by molar-refractivity contribution is -0.127. The fraction of sp³-hybridized carbons (Fsp3) is 0.351. The predicted octanol–water partition coefficient (Wildman–Crippen LogP) is 4.34. The Morgan fingerprint density at radius 1 is 0.848 bits per heavy atom. The highest BCUT2D eigenvalue weighted by molar-refractivity contribution is 5.81. The zero-order valence-corrected chi connectivity index (χ0v) is 26.9. The van der Waals surface area contributed by atoms with Crippen LogP contribution < -0.4 is 21.1 Å². The van der Waals surface area contributed by atoms with Crippen molar-refractivity contribution >= 4 is 11.8 Å². The van der Waals surface area contributed by atoms with Crippen molar-refractivity contribution in [2.75, 3.05) is 6.61 Å². The molecule has 0 bridgehead atoms. The third-order valence-electron chi connectivity index (χ3n) is 8.00. The minimum absolute atomic E-state index is 0.156. The zero-order valence-electron chi connectivity index (χ0n) is 26.9. The van der Waals surface area contributed by atoms with Crippen molar-refractivity contribution in [3.63, 3.8) is 0 Å². The third-order valence-corrected chi connectivity index (χ3v) is 8.00. The highest BCUT2D eigenvalue weighted by Gasteiger charge is 2.30.